The molecule has 4 aromatic rings. The molecule has 172 valence electrons. The Morgan fingerprint density at radius 1 is 0.743 bits per heavy atom. The molecule has 0 spiro atoms. The smallest absolute Gasteiger partial charge is 0.300 e. The molecule has 0 bridgehead atoms. The number of benzene rings is 4. The minimum absolute atomic E-state index is 0.168. The summed E-state index contributed by atoms with van der Waals surface area (Å²) >= 11 is 1.50. The molecule has 0 unspecified atom stereocenters. The summed E-state index contributed by atoms with van der Waals surface area (Å²) < 4.78 is 0. The largest absolute Gasteiger partial charge is 0.344 e. The molecule has 9 nitrogen and oxygen atoms in total. The lowest BCUT2D eigenvalue weighted by molar-refractivity contribution is -0.392. The molecule has 0 radical (unpaired) electrons. The van der Waals surface area contributed by atoms with E-state index in [1.807, 2.05) is 24.3 Å². The Kier molecular flexibility index (Phi) is 5.63. The van der Waals surface area contributed by atoms with Gasteiger partial charge in [0.05, 0.1) is 26.8 Å². The summed E-state index contributed by atoms with van der Waals surface area (Å²) in [5.74, 6) is -0.609. The van der Waals surface area contributed by atoms with Crippen LogP contribution in [0.2, 0.25) is 0 Å². The lowest BCUT2D eigenvalue weighted by atomic mass is 10.1. The maximum Gasteiger partial charge on any atom is 0.300 e. The average molecular weight is 484 g/mol. The van der Waals surface area contributed by atoms with Gasteiger partial charge in [0.15, 0.2) is 5.69 Å². The number of nitrogens with one attached hydrogen (secondary N) is 1. The van der Waals surface area contributed by atoms with Crippen LogP contribution >= 0.6 is 11.8 Å². The molecule has 4 aromatic carbocycles. The maximum absolute atomic E-state index is 13.8. The van der Waals surface area contributed by atoms with Crippen molar-refractivity contribution in [1.29, 1.82) is 0 Å². The third kappa shape index (κ3) is 4.06. The van der Waals surface area contributed by atoms with Crippen LogP contribution in [0.5, 0.6) is 0 Å². The lowest BCUT2D eigenvalue weighted by Gasteiger charge is -2.31. The fourth-order valence-corrected chi connectivity index (χ4v) is 4.93. The summed E-state index contributed by atoms with van der Waals surface area (Å²) in [6.07, 6.45) is 0. The Bertz CT molecular complexity index is 1410. The Hall–Kier alpha value is -4.70. The van der Waals surface area contributed by atoms with Crippen LogP contribution in [-0.4, -0.2) is 15.8 Å². The number of carbonyl (C=O) groups is 1. The van der Waals surface area contributed by atoms with Crippen molar-refractivity contribution in [2.45, 2.75) is 9.79 Å². The molecule has 1 amide bonds. The van der Waals surface area contributed by atoms with Crippen LogP contribution in [-0.2, 0) is 0 Å². The first-order valence-electron chi connectivity index (χ1n) is 10.4. The van der Waals surface area contributed by atoms with Crippen molar-refractivity contribution < 1.29 is 14.6 Å². The molecule has 0 atom stereocenters. The standard InChI is InChI=1S/C25H16N4O5S/c30-25(27-18-10-4-6-12-22(18)35-23-13-7-5-11-19(23)27)16-14-20(28(31)32)24(21(15-16)29(33)34)26-17-8-2-1-3-9-17/h1-15,26H. The lowest BCUT2D eigenvalue weighted by Crippen LogP contribution is -2.28. The minimum atomic E-state index is -0.733. The number of para-hydroxylation sites is 3. The van der Waals surface area contributed by atoms with E-state index in [1.165, 1.54) is 16.7 Å². The first kappa shape index (κ1) is 22.1. The van der Waals surface area contributed by atoms with Gasteiger partial charge in [0.2, 0.25) is 0 Å². The van der Waals surface area contributed by atoms with Crippen molar-refractivity contribution in [2.24, 2.45) is 0 Å². The summed E-state index contributed by atoms with van der Waals surface area (Å²) in [4.78, 5) is 39.3. The number of nitro benzene ring substituents is 2. The van der Waals surface area contributed by atoms with Gasteiger partial charge in [-0.15, -0.1) is 0 Å². The Balaban J connectivity index is 1.67. The Labute approximate surface area is 203 Å². The van der Waals surface area contributed by atoms with Gasteiger partial charge in [-0.25, -0.2) is 0 Å². The van der Waals surface area contributed by atoms with Gasteiger partial charge < -0.3 is 5.32 Å². The predicted octanol–water partition coefficient (Wildman–Crippen LogP) is 6.69. The average Bonchev–Trinajstić information content (AvgIpc) is 2.87. The van der Waals surface area contributed by atoms with E-state index in [4.69, 9.17) is 0 Å². The summed E-state index contributed by atoms with van der Waals surface area (Å²) in [6, 6.07) is 25.1. The van der Waals surface area contributed by atoms with Crippen molar-refractivity contribution in [2.75, 3.05) is 10.2 Å². The van der Waals surface area contributed by atoms with E-state index in [1.54, 1.807) is 54.6 Å². The first-order valence-corrected chi connectivity index (χ1v) is 11.2. The molecular weight excluding hydrogens is 468 g/mol. The molecule has 0 saturated heterocycles. The molecular formula is C25H16N4O5S. The highest BCUT2D eigenvalue weighted by molar-refractivity contribution is 7.99. The summed E-state index contributed by atoms with van der Waals surface area (Å²) in [7, 11) is 0. The fourth-order valence-electron chi connectivity index (χ4n) is 3.87. The molecule has 1 N–H and O–H groups in total. The van der Waals surface area contributed by atoms with E-state index in [2.05, 4.69) is 5.32 Å². The second kappa shape index (κ2) is 8.92. The van der Waals surface area contributed by atoms with Crippen LogP contribution < -0.4 is 10.2 Å². The van der Waals surface area contributed by atoms with E-state index < -0.39 is 27.1 Å². The van der Waals surface area contributed by atoms with E-state index in [9.17, 15) is 25.0 Å². The first-order chi connectivity index (χ1) is 16.9. The quantitative estimate of drug-likeness (QED) is 0.248. The van der Waals surface area contributed by atoms with Crippen molar-refractivity contribution in [3.05, 3.63) is 117 Å². The molecule has 1 aliphatic heterocycles. The van der Waals surface area contributed by atoms with Crippen molar-refractivity contribution in [1.82, 2.24) is 0 Å². The van der Waals surface area contributed by atoms with E-state index in [0.29, 0.717) is 17.1 Å². The predicted molar refractivity (Wildman–Crippen MR) is 133 cm³/mol. The topological polar surface area (TPSA) is 119 Å². The number of hydrogen-bond acceptors (Lipinski definition) is 7. The monoisotopic (exact) mass is 484 g/mol. The van der Waals surface area contributed by atoms with Gasteiger partial charge in [0.25, 0.3) is 5.91 Å². The number of anilines is 4. The number of hydrogen-bond donors (Lipinski definition) is 1. The highest BCUT2D eigenvalue weighted by Crippen LogP contribution is 2.49. The van der Waals surface area contributed by atoms with Crippen LogP contribution in [0.25, 0.3) is 0 Å². The van der Waals surface area contributed by atoms with Crippen LogP contribution in [0.1, 0.15) is 10.4 Å². The zero-order valence-corrected chi connectivity index (χ0v) is 18.8. The molecule has 0 aliphatic carbocycles. The number of fused-ring (bicyclic) bond motifs is 2. The van der Waals surface area contributed by atoms with Crippen molar-refractivity contribution in [3.63, 3.8) is 0 Å². The molecule has 5 rings (SSSR count). The van der Waals surface area contributed by atoms with Gasteiger partial charge in [0, 0.05) is 27.6 Å². The van der Waals surface area contributed by atoms with E-state index in [0.717, 1.165) is 21.9 Å². The molecule has 1 aliphatic rings. The number of amides is 1. The SMILES string of the molecule is O=C(c1cc([N+](=O)[O-])c(Nc2ccccc2)c([N+](=O)[O-])c1)N1c2ccccc2Sc2ccccc21. The third-order valence-electron chi connectivity index (χ3n) is 5.42. The highest BCUT2D eigenvalue weighted by Gasteiger charge is 2.33. The highest BCUT2D eigenvalue weighted by atomic mass is 32.2. The Morgan fingerprint density at radius 3 is 1.74 bits per heavy atom. The summed E-state index contributed by atoms with van der Waals surface area (Å²) in [5, 5.41) is 26.7. The fraction of sp³-hybridized carbons (Fsp3) is 0. The molecule has 0 aromatic heterocycles. The molecule has 1 heterocycles. The third-order valence-corrected chi connectivity index (χ3v) is 6.55. The Morgan fingerprint density at radius 2 is 1.23 bits per heavy atom. The summed E-state index contributed by atoms with van der Waals surface area (Å²) in [6.45, 7) is 0. The van der Waals surface area contributed by atoms with Crippen molar-refractivity contribution in [3.8, 4) is 0 Å². The maximum atomic E-state index is 13.8. The van der Waals surface area contributed by atoms with E-state index in [-0.39, 0.29) is 11.3 Å². The van der Waals surface area contributed by atoms with Gasteiger partial charge in [-0.1, -0.05) is 54.2 Å². The van der Waals surface area contributed by atoms with Gasteiger partial charge in [-0.3, -0.25) is 29.9 Å². The molecule has 0 fully saturated rings. The van der Waals surface area contributed by atoms with Gasteiger partial charge in [-0.2, -0.15) is 0 Å². The number of carbonyl (C=O) groups excluding carboxylic acids is 1. The van der Waals surface area contributed by atoms with Gasteiger partial charge in [-0.05, 0) is 36.4 Å². The zero-order valence-electron chi connectivity index (χ0n) is 18.0. The van der Waals surface area contributed by atoms with Crippen LogP contribution in [0, 0.1) is 20.2 Å². The van der Waals surface area contributed by atoms with Gasteiger partial charge in [0.1, 0.15) is 0 Å². The number of nitrogens with zero attached hydrogens (tertiary/aromatic N) is 3. The number of nitro groups is 2. The summed E-state index contributed by atoms with van der Waals surface area (Å²) in [5.41, 5.74) is 0.0275. The second-order valence-electron chi connectivity index (χ2n) is 7.57. The molecule has 35 heavy (non-hydrogen) atoms. The molecule has 0 saturated carbocycles. The zero-order chi connectivity index (χ0) is 24.5. The van der Waals surface area contributed by atoms with Crippen molar-refractivity contribution >= 4 is 51.8 Å². The normalized spacial score (nSPS) is 11.8. The molecule has 10 heteroatoms. The minimum Gasteiger partial charge on any atom is -0.344 e. The van der Waals surface area contributed by atoms with Crippen LogP contribution in [0.4, 0.5) is 34.1 Å². The second-order valence-corrected chi connectivity index (χ2v) is 8.66. The van der Waals surface area contributed by atoms with E-state index >= 15 is 0 Å². The van der Waals surface area contributed by atoms with Gasteiger partial charge >= 0.3 is 11.4 Å². The van der Waals surface area contributed by atoms with Crippen LogP contribution in [0.15, 0.2) is 101 Å². The van der Waals surface area contributed by atoms with Crippen LogP contribution in [0.3, 0.4) is 0 Å². The number of rotatable bonds is 5.